The molecule has 808 valence electrons. The van der Waals surface area contributed by atoms with Crippen molar-refractivity contribution >= 4 is 29.6 Å². The molecule has 0 spiro atoms. The highest BCUT2D eigenvalue weighted by Crippen LogP contribution is 2.43. The molecule has 27 N–H and O–H groups in total. The molecule has 139 heavy (non-hydrogen) atoms. The number of unbranched alkanes of at least 4 members (excludes halogenated alkanes) is 23. The van der Waals surface area contributed by atoms with E-state index in [9.17, 15) is 141 Å². The number of nitrogens with one attached hydrogen (secondary N) is 4. The lowest BCUT2D eigenvalue weighted by Crippen LogP contribution is -2.72. The number of aliphatic hydroxyl groups is 22. The molecular weight excluding hydrogens is 1850 g/mol. The van der Waals surface area contributed by atoms with E-state index in [0.29, 0.717) is 12.8 Å². The van der Waals surface area contributed by atoms with Crippen LogP contribution in [0.4, 0.5) is 0 Å². The van der Waals surface area contributed by atoms with E-state index in [1.165, 1.54) is 97.0 Å². The van der Waals surface area contributed by atoms with Gasteiger partial charge in [-0.1, -0.05) is 167 Å². The first-order chi connectivity index (χ1) is 66.2. The van der Waals surface area contributed by atoms with Gasteiger partial charge in [0.1, 0.15) is 177 Å². The van der Waals surface area contributed by atoms with E-state index in [1.54, 1.807) is 6.08 Å². The molecule has 8 heterocycles. The third-order valence-electron chi connectivity index (χ3n) is 26.7. The Balaban J connectivity index is 1.13. The molecule has 48 nitrogen and oxygen atoms in total. The Morgan fingerprint density at radius 1 is 0.396 bits per heavy atom. The Kier molecular flexibility index (Phi) is 51.3. The maximum absolute atomic E-state index is 14.0. The minimum atomic E-state index is -3.38. The summed E-state index contributed by atoms with van der Waals surface area (Å²) in [5.74, 6) is -8.85. The van der Waals surface area contributed by atoms with E-state index in [4.69, 9.17) is 75.8 Å². The van der Waals surface area contributed by atoms with Gasteiger partial charge in [0.25, 0.3) is 5.79 Å². The van der Waals surface area contributed by atoms with Crippen LogP contribution in [-0.2, 0) is 99.8 Å². The van der Waals surface area contributed by atoms with Gasteiger partial charge in [-0.2, -0.15) is 0 Å². The number of hydrogen-bond donors (Lipinski definition) is 27. The van der Waals surface area contributed by atoms with Gasteiger partial charge in [0.05, 0.1) is 82.7 Å². The third-order valence-corrected chi connectivity index (χ3v) is 26.7. The molecule has 0 aromatic carbocycles. The summed E-state index contributed by atoms with van der Waals surface area (Å²) in [7, 11) is 0. The van der Waals surface area contributed by atoms with Gasteiger partial charge in [0.15, 0.2) is 44.0 Å². The summed E-state index contributed by atoms with van der Waals surface area (Å²) in [6.07, 6.45) is -50.9. The summed E-state index contributed by atoms with van der Waals surface area (Å²) < 4.78 is 98.0. The van der Waals surface area contributed by atoms with Crippen LogP contribution in [0, 0.1) is 0 Å². The SMILES string of the molecule is CCCCCCCCCCCCC/C=C/[C@@H](O)[C@H](CO[C@@H]1OC(CO)[C@@H](O[C@@H]2OC(CO[C@@H]3OC(CO)[C@@H](O)[C@H](O[C@H]4OC(C)[C@@H](O)C(O)[C@@H]4O)C3NC(C)=O)[C@H](O)[C@H](O[C@@H]3OC(CO)[C@@H](O[C@H]4OC(C)[C@@H](O)C(O)[C@@H]4O)[C@H](O[C@@H]4OC(CO)[C@H](O)[C@H](O[C@]5(C(=O)O)CC(O)[C@@H](NC(C)=O)C([C@H](O)[C@H](O)CO)O5)C4O)C3NC(C)=O)C2O)[C@H](O)C1O)NC(=O)CCCCCCCCCCCCCCC. The predicted molar refractivity (Wildman–Crippen MR) is 476 cm³/mol. The summed E-state index contributed by atoms with van der Waals surface area (Å²) in [6, 6.07) is -6.98. The van der Waals surface area contributed by atoms with Crippen LogP contribution in [0.15, 0.2) is 12.2 Å². The molecule has 8 saturated heterocycles. The first kappa shape index (κ1) is 120. The molecule has 0 radical (unpaired) electrons. The maximum Gasteiger partial charge on any atom is 0.364 e. The Hall–Kier alpha value is -4.43. The van der Waals surface area contributed by atoms with Gasteiger partial charge in [0.2, 0.25) is 23.6 Å². The van der Waals surface area contributed by atoms with Crippen LogP contribution in [0.1, 0.15) is 222 Å². The molecule has 8 aliphatic heterocycles. The normalized spacial score (nSPS) is 39.4. The molecular formula is C91H160N4O44. The summed E-state index contributed by atoms with van der Waals surface area (Å²) in [4.78, 5) is 67.1. The molecule has 0 aromatic rings. The Labute approximate surface area is 808 Å². The van der Waals surface area contributed by atoms with Crippen molar-refractivity contribution in [1.82, 2.24) is 21.3 Å². The zero-order valence-electron chi connectivity index (χ0n) is 80.3. The van der Waals surface area contributed by atoms with Crippen molar-refractivity contribution in [1.29, 1.82) is 0 Å². The lowest BCUT2D eigenvalue weighted by atomic mass is 9.88. The first-order valence-electron chi connectivity index (χ1n) is 49.3. The highest BCUT2D eigenvalue weighted by atomic mass is 16.8. The summed E-state index contributed by atoms with van der Waals surface area (Å²) in [5, 5.41) is 273. The monoisotopic (exact) mass is 2010 g/mol. The number of carbonyl (C=O) groups is 5. The van der Waals surface area contributed by atoms with E-state index in [0.717, 1.165) is 91.4 Å². The maximum atomic E-state index is 14.0. The number of amides is 4. The zero-order valence-corrected chi connectivity index (χ0v) is 80.3. The number of aliphatic hydroxyl groups excluding tert-OH is 22. The number of carboxylic acids is 1. The standard InChI is InChI=1S/C91H160N4O44/c1-8-10-12-14-16-18-20-22-24-26-28-30-32-34-50(104)49(95-58(107)35-33-31-29-27-25-23-21-19-17-15-13-11-9-2)42-124-85-73(119)70(116)76(55(40-99)131-85)133-88-74(120)81(67(113)57(132-88)43-125-83-60(93-47(6)102)78(65(111)53(38-97)128-83)135-87-72(118)69(115)63(109)45(4)127-87)137-84-61(94-48(7)103)80(77(56(41-100)130-84)134-86-71(117)68(114)62(108)44(3)126-86)136-89-75(121)82(66(112)54(39-98)129-89)139-91(90(122)123)36-51(105)59(92-46(5)101)79(138-91)64(110)52(106)37-96/h32,34,44-45,49-57,59-89,96-100,104-106,108-121H,8-31,33,35-43H2,1-7H3,(H,92,101)(H,93,102)(H,94,103)(H,95,107)(H,122,123)/b34-32+/t44?,45?,49-,50+,51?,52+,53?,54?,55?,56?,57?,59+,60?,61?,62+,63+,64+,65+,66-,67-,68?,69?,70+,71-,72-,73?,74?,75?,76+,77+,78+,79?,80+,81-,82-,83+,84-,85+,86+,87+,88-,89-,91-/m0/s1. The van der Waals surface area contributed by atoms with Crippen molar-refractivity contribution in [2.75, 3.05) is 46.2 Å². The third kappa shape index (κ3) is 33.5. The lowest BCUT2D eigenvalue weighted by molar-refractivity contribution is -0.400. The van der Waals surface area contributed by atoms with Gasteiger partial charge in [-0.15, -0.1) is 0 Å². The minimum absolute atomic E-state index is 0.0841. The molecule has 0 bridgehead atoms. The van der Waals surface area contributed by atoms with Crippen LogP contribution < -0.4 is 21.3 Å². The highest BCUT2D eigenvalue weighted by molar-refractivity contribution is 5.77. The van der Waals surface area contributed by atoms with Crippen LogP contribution in [0.3, 0.4) is 0 Å². The smallest absolute Gasteiger partial charge is 0.364 e. The average molecular weight is 2010 g/mol. The number of rotatable bonds is 58. The van der Waals surface area contributed by atoms with Crippen molar-refractivity contribution in [2.24, 2.45) is 0 Å². The summed E-state index contributed by atoms with van der Waals surface area (Å²) in [6.45, 7) is 2.09. The van der Waals surface area contributed by atoms with Gasteiger partial charge >= 0.3 is 5.97 Å². The fourth-order valence-electron chi connectivity index (χ4n) is 18.6. The average Bonchev–Trinajstić information content (AvgIpc) is 0.746. The van der Waals surface area contributed by atoms with Crippen molar-refractivity contribution in [3.8, 4) is 0 Å². The number of allylic oxidation sites excluding steroid dienone is 1. The number of aliphatic carboxylic acids is 1. The number of hydrogen-bond acceptors (Lipinski definition) is 43. The number of carboxylic acid groups (broad SMARTS) is 1. The van der Waals surface area contributed by atoms with E-state index in [1.807, 2.05) is 0 Å². The second-order valence-corrected chi connectivity index (χ2v) is 37.7. The second-order valence-electron chi connectivity index (χ2n) is 37.7. The lowest BCUT2D eigenvalue weighted by Gasteiger charge is -2.52. The molecule has 8 aliphatic rings. The number of carbonyl (C=O) groups excluding carboxylic acids is 4. The topological polar surface area (TPSA) is 746 Å². The molecule has 0 aliphatic carbocycles. The molecule has 8 fully saturated rings. The molecule has 4 amide bonds. The quantitative estimate of drug-likeness (QED) is 0.0199. The Morgan fingerprint density at radius 2 is 0.791 bits per heavy atom. The first-order valence-corrected chi connectivity index (χ1v) is 49.3. The molecule has 0 aromatic heterocycles. The zero-order chi connectivity index (χ0) is 102. The molecule has 0 saturated carbocycles. The van der Waals surface area contributed by atoms with Crippen LogP contribution in [0.5, 0.6) is 0 Å². The second kappa shape index (κ2) is 59.5. The van der Waals surface area contributed by atoms with Gasteiger partial charge in [0, 0.05) is 33.6 Å². The molecule has 43 atom stereocenters. The highest BCUT2D eigenvalue weighted by Gasteiger charge is 2.63. The fourth-order valence-corrected chi connectivity index (χ4v) is 18.6. The summed E-state index contributed by atoms with van der Waals surface area (Å²) in [5.41, 5.74) is 0. The van der Waals surface area contributed by atoms with Crippen molar-refractivity contribution in [2.45, 2.75) is 485 Å². The molecule has 8 rings (SSSR count). The van der Waals surface area contributed by atoms with E-state index >= 15 is 0 Å². The minimum Gasteiger partial charge on any atom is -0.477 e. The predicted octanol–water partition coefficient (Wildman–Crippen LogP) is -6.15. The van der Waals surface area contributed by atoms with E-state index < -0.39 is 345 Å². The van der Waals surface area contributed by atoms with Gasteiger partial charge in [-0.05, 0) is 33.1 Å². The van der Waals surface area contributed by atoms with Crippen LogP contribution >= 0.6 is 0 Å². The Morgan fingerprint density at radius 3 is 1.29 bits per heavy atom. The van der Waals surface area contributed by atoms with E-state index in [-0.39, 0.29) is 6.42 Å². The molecule has 16 unspecified atom stereocenters. The van der Waals surface area contributed by atoms with Crippen LogP contribution in [0.2, 0.25) is 0 Å². The van der Waals surface area contributed by atoms with Gasteiger partial charge < -0.3 is 215 Å². The number of ether oxygens (including phenoxy) is 16. The Bertz CT molecular complexity index is 3570. The van der Waals surface area contributed by atoms with Crippen LogP contribution in [-0.4, -0.2) is 457 Å². The van der Waals surface area contributed by atoms with Gasteiger partial charge in [-0.3, -0.25) is 19.2 Å². The van der Waals surface area contributed by atoms with Gasteiger partial charge in [-0.25, -0.2) is 4.79 Å². The summed E-state index contributed by atoms with van der Waals surface area (Å²) >= 11 is 0. The fraction of sp³-hybridized carbons (Fsp3) is 0.923. The van der Waals surface area contributed by atoms with Crippen molar-refractivity contribution < 1.29 is 217 Å². The van der Waals surface area contributed by atoms with E-state index in [2.05, 4.69) is 35.1 Å². The van der Waals surface area contributed by atoms with Crippen molar-refractivity contribution in [3.05, 3.63) is 12.2 Å². The van der Waals surface area contributed by atoms with Crippen LogP contribution in [0.25, 0.3) is 0 Å². The molecule has 48 heteroatoms. The van der Waals surface area contributed by atoms with Crippen molar-refractivity contribution in [3.63, 3.8) is 0 Å². The largest absolute Gasteiger partial charge is 0.477 e.